The summed E-state index contributed by atoms with van der Waals surface area (Å²) in [5.74, 6) is 0.928. The van der Waals surface area contributed by atoms with E-state index < -0.39 is 0 Å². The van der Waals surface area contributed by atoms with Gasteiger partial charge in [0.05, 0.1) is 6.10 Å². The molecule has 1 saturated heterocycles. The van der Waals surface area contributed by atoms with Gasteiger partial charge in [0, 0.05) is 24.6 Å². The van der Waals surface area contributed by atoms with E-state index >= 15 is 0 Å². The third-order valence-electron chi connectivity index (χ3n) is 4.72. The molecule has 1 saturated carbocycles. The zero-order chi connectivity index (χ0) is 13.4. The van der Waals surface area contributed by atoms with Crippen molar-refractivity contribution in [2.24, 2.45) is 11.8 Å². The number of benzene rings is 1. The first kappa shape index (κ1) is 12.7. The van der Waals surface area contributed by atoms with E-state index in [0.717, 1.165) is 37.9 Å². The van der Waals surface area contributed by atoms with Crippen molar-refractivity contribution in [2.45, 2.75) is 32.3 Å². The van der Waals surface area contributed by atoms with Crippen LogP contribution in [0.5, 0.6) is 0 Å². The van der Waals surface area contributed by atoms with E-state index in [2.05, 4.69) is 6.92 Å². The van der Waals surface area contributed by atoms with Gasteiger partial charge in [0.25, 0.3) is 5.91 Å². The first-order chi connectivity index (χ1) is 9.19. The van der Waals surface area contributed by atoms with Crippen LogP contribution in [0.3, 0.4) is 0 Å². The number of carbonyl (C=O) groups excluding carboxylic acids is 1. The van der Waals surface area contributed by atoms with Crippen LogP contribution in [-0.4, -0.2) is 35.1 Å². The van der Waals surface area contributed by atoms with E-state index in [1.54, 1.807) is 0 Å². The van der Waals surface area contributed by atoms with Gasteiger partial charge in [-0.2, -0.15) is 0 Å². The Kier molecular flexibility index (Phi) is 3.31. The van der Waals surface area contributed by atoms with Crippen LogP contribution < -0.4 is 0 Å². The maximum absolute atomic E-state index is 12.4. The molecule has 19 heavy (non-hydrogen) atoms. The van der Waals surface area contributed by atoms with Crippen LogP contribution in [0, 0.1) is 11.8 Å². The number of aryl methyl sites for hydroxylation is 1. The molecule has 3 atom stereocenters. The lowest BCUT2D eigenvalue weighted by Gasteiger charge is -2.18. The number of amides is 1. The molecule has 2 fully saturated rings. The second-order valence-electron chi connectivity index (χ2n) is 5.83. The predicted octanol–water partition coefficient (Wildman–Crippen LogP) is 2.09. The van der Waals surface area contributed by atoms with E-state index in [0.29, 0.717) is 11.8 Å². The third-order valence-corrected chi connectivity index (χ3v) is 4.72. The van der Waals surface area contributed by atoms with Crippen molar-refractivity contribution in [1.82, 2.24) is 4.90 Å². The summed E-state index contributed by atoms with van der Waals surface area (Å²) in [5, 5.41) is 9.90. The molecule has 3 rings (SSSR count). The fraction of sp³-hybridized carbons (Fsp3) is 0.562. The second kappa shape index (κ2) is 4.97. The Balaban J connectivity index is 1.71. The minimum absolute atomic E-state index is 0.115. The highest BCUT2D eigenvalue weighted by Gasteiger charge is 2.43. The summed E-state index contributed by atoms with van der Waals surface area (Å²) < 4.78 is 0. The molecule has 3 heteroatoms. The summed E-state index contributed by atoms with van der Waals surface area (Å²) in [4.78, 5) is 14.3. The van der Waals surface area contributed by atoms with Gasteiger partial charge in [0.1, 0.15) is 0 Å². The minimum Gasteiger partial charge on any atom is -0.393 e. The molecule has 1 aromatic carbocycles. The molecule has 0 radical (unpaired) electrons. The maximum atomic E-state index is 12.4. The topological polar surface area (TPSA) is 40.5 Å². The number of likely N-dealkylation sites (tertiary alicyclic amines) is 1. The maximum Gasteiger partial charge on any atom is 0.253 e. The van der Waals surface area contributed by atoms with Crippen LogP contribution in [0.1, 0.15) is 35.7 Å². The molecule has 1 aliphatic heterocycles. The lowest BCUT2D eigenvalue weighted by Crippen LogP contribution is -2.31. The van der Waals surface area contributed by atoms with Gasteiger partial charge in [-0.1, -0.05) is 19.1 Å². The molecule has 1 amide bonds. The molecule has 3 nitrogen and oxygen atoms in total. The van der Waals surface area contributed by atoms with Crippen LogP contribution in [-0.2, 0) is 6.42 Å². The van der Waals surface area contributed by atoms with Gasteiger partial charge in [-0.05, 0) is 42.9 Å². The first-order valence-electron chi connectivity index (χ1n) is 7.25. The van der Waals surface area contributed by atoms with Gasteiger partial charge in [-0.25, -0.2) is 0 Å². The van der Waals surface area contributed by atoms with E-state index in [9.17, 15) is 9.90 Å². The second-order valence-corrected chi connectivity index (χ2v) is 5.83. The lowest BCUT2D eigenvalue weighted by atomic mass is 10.00. The number of nitrogens with zero attached hydrogens (tertiary/aromatic N) is 1. The zero-order valence-corrected chi connectivity index (χ0v) is 11.4. The Labute approximate surface area is 114 Å². The molecule has 1 heterocycles. The van der Waals surface area contributed by atoms with E-state index in [1.165, 1.54) is 5.56 Å². The number of fused-ring (bicyclic) bond motifs is 1. The third kappa shape index (κ3) is 2.27. The van der Waals surface area contributed by atoms with E-state index in [1.807, 2.05) is 29.2 Å². The summed E-state index contributed by atoms with van der Waals surface area (Å²) >= 11 is 0. The predicted molar refractivity (Wildman–Crippen MR) is 73.9 cm³/mol. The molecule has 0 aromatic heterocycles. The SMILES string of the molecule is CCc1ccc(C(=O)N2CC3CCC(O)C3C2)cc1. The normalized spacial score (nSPS) is 29.6. The number of hydrogen-bond acceptors (Lipinski definition) is 2. The van der Waals surface area contributed by atoms with Crippen LogP contribution in [0.25, 0.3) is 0 Å². The summed E-state index contributed by atoms with van der Waals surface area (Å²) in [6.45, 7) is 3.65. The number of aliphatic hydroxyl groups excluding tert-OH is 1. The van der Waals surface area contributed by atoms with Crippen molar-refractivity contribution in [2.75, 3.05) is 13.1 Å². The summed E-state index contributed by atoms with van der Waals surface area (Å²) in [7, 11) is 0. The quantitative estimate of drug-likeness (QED) is 0.883. The standard InChI is InChI=1S/C16H21NO2/c1-2-11-3-5-12(6-4-11)16(19)17-9-13-7-8-15(18)14(13)10-17/h3-6,13-15,18H,2,7-10H2,1H3. The number of aliphatic hydroxyl groups is 1. The van der Waals surface area contributed by atoms with Gasteiger partial charge in [-0.3, -0.25) is 4.79 Å². The monoisotopic (exact) mass is 259 g/mol. The highest BCUT2D eigenvalue weighted by Crippen LogP contribution is 2.38. The van der Waals surface area contributed by atoms with Gasteiger partial charge in [0.15, 0.2) is 0 Å². The molecule has 102 valence electrons. The van der Waals surface area contributed by atoms with Gasteiger partial charge >= 0.3 is 0 Å². The Morgan fingerprint density at radius 1 is 1.26 bits per heavy atom. The van der Waals surface area contributed by atoms with Crippen molar-refractivity contribution < 1.29 is 9.90 Å². The molecular weight excluding hydrogens is 238 g/mol. The summed E-state index contributed by atoms with van der Waals surface area (Å²) in [5.41, 5.74) is 2.02. The van der Waals surface area contributed by atoms with Crippen LogP contribution in [0.2, 0.25) is 0 Å². The number of hydrogen-bond donors (Lipinski definition) is 1. The molecule has 0 spiro atoms. The van der Waals surface area contributed by atoms with E-state index in [4.69, 9.17) is 0 Å². The largest absolute Gasteiger partial charge is 0.393 e. The average molecular weight is 259 g/mol. The van der Waals surface area contributed by atoms with Crippen molar-refractivity contribution in [3.63, 3.8) is 0 Å². The summed E-state index contributed by atoms with van der Waals surface area (Å²) in [6, 6.07) is 7.90. The molecule has 1 aromatic rings. The Morgan fingerprint density at radius 3 is 2.63 bits per heavy atom. The highest BCUT2D eigenvalue weighted by molar-refractivity contribution is 5.94. The average Bonchev–Trinajstić information content (AvgIpc) is 3.01. The highest BCUT2D eigenvalue weighted by atomic mass is 16.3. The lowest BCUT2D eigenvalue weighted by molar-refractivity contribution is 0.0752. The van der Waals surface area contributed by atoms with Gasteiger partial charge in [-0.15, -0.1) is 0 Å². The van der Waals surface area contributed by atoms with Gasteiger partial charge in [0.2, 0.25) is 0 Å². The molecule has 3 unspecified atom stereocenters. The minimum atomic E-state index is -0.203. The van der Waals surface area contributed by atoms with Crippen molar-refractivity contribution in [3.05, 3.63) is 35.4 Å². The van der Waals surface area contributed by atoms with E-state index in [-0.39, 0.29) is 12.0 Å². The fourth-order valence-electron chi connectivity index (χ4n) is 3.47. The fourth-order valence-corrected chi connectivity index (χ4v) is 3.47. The molecule has 1 N–H and O–H groups in total. The van der Waals surface area contributed by atoms with Gasteiger partial charge < -0.3 is 10.0 Å². The van der Waals surface area contributed by atoms with Crippen LogP contribution >= 0.6 is 0 Å². The zero-order valence-electron chi connectivity index (χ0n) is 11.4. The molecular formula is C16H21NO2. The number of rotatable bonds is 2. The van der Waals surface area contributed by atoms with Crippen LogP contribution in [0.15, 0.2) is 24.3 Å². The summed E-state index contributed by atoms with van der Waals surface area (Å²) in [6.07, 6.45) is 2.76. The van der Waals surface area contributed by atoms with Crippen molar-refractivity contribution in [1.29, 1.82) is 0 Å². The van der Waals surface area contributed by atoms with Crippen molar-refractivity contribution in [3.8, 4) is 0 Å². The molecule has 2 aliphatic rings. The van der Waals surface area contributed by atoms with Crippen LogP contribution in [0.4, 0.5) is 0 Å². The Bertz CT molecular complexity index is 468. The Morgan fingerprint density at radius 2 is 2.00 bits per heavy atom. The Hall–Kier alpha value is -1.35. The molecule has 1 aliphatic carbocycles. The number of carbonyl (C=O) groups is 1. The first-order valence-corrected chi connectivity index (χ1v) is 7.25. The smallest absolute Gasteiger partial charge is 0.253 e. The van der Waals surface area contributed by atoms with Crippen molar-refractivity contribution >= 4 is 5.91 Å². The molecule has 0 bridgehead atoms.